The van der Waals surface area contributed by atoms with E-state index < -0.39 is 0 Å². The van der Waals surface area contributed by atoms with Gasteiger partial charge >= 0.3 is 0 Å². The predicted octanol–water partition coefficient (Wildman–Crippen LogP) is 5.40. The van der Waals surface area contributed by atoms with Crippen molar-refractivity contribution in [2.45, 2.75) is 18.2 Å². The van der Waals surface area contributed by atoms with E-state index in [1.807, 2.05) is 62.6 Å². The minimum Gasteiger partial charge on any atom is -0.312 e. The Hall–Kier alpha value is -2.11. The Morgan fingerprint density at radius 3 is 2.38 bits per heavy atom. The molecule has 24 heavy (non-hydrogen) atoms. The number of nitrogens with one attached hydrogen (secondary N) is 1. The highest BCUT2D eigenvalue weighted by atomic mass is 32.2. The first kappa shape index (κ1) is 16.7. The third-order valence-electron chi connectivity index (χ3n) is 3.54. The van der Waals surface area contributed by atoms with Crippen LogP contribution in [0.15, 0.2) is 52.9 Å². The average molecular weight is 355 g/mol. The lowest BCUT2D eigenvalue weighted by molar-refractivity contribution is 0.102. The second-order valence-corrected chi connectivity index (χ2v) is 7.61. The normalized spacial score (nSPS) is 10.6. The van der Waals surface area contributed by atoms with E-state index in [2.05, 4.69) is 16.4 Å². The molecule has 0 aliphatic heterocycles. The first-order chi connectivity index (χ1) is 11.6. The van der Waals surface area contributed by atoms with Crippen molar-refractivity contribution in [2.24, 2.45) is 0 Å². The molecule has 3 aromatic rings. The second-order valence-electron chi connectivity index (χ2n) is 5.56. The standard InChI is InChI=1S/C19H18N2OS2/c1-12-9-13(2)11-15(10-12)17(22)21-18-16(20-19(23-3)24-18)14-7-5-4-6-8-14/h4-11H,1-3H3,(H,21,22). The molecular formula is C19H18N2OS2. The van der Waals surface area contributed by atoms with E-state index in [1.54, 1.807) is 11.8 Å². The van der Waals surface area contributed by atoms with E-state index in [0.29, 0.717) is 5.56 Å². The Kier molecular flexibility index (Phi) is 5.02. The number of amides is 1. The van der Waals surface area contributed by atoms with Crippen molar-refractivity contribution in [3.8, 4) is 11.3 Å². The maximum absolute atomic E-state index is 12.7. The van der Waals surface area contributed by atoms with Gasteiger partial charge in [-0.05, 0) is 32.2 Å². The van der Waals surface area contributed by atoms with Crippen LogP contribution in [-0.4, -0.2) is 17.1 Å². The van der Waals surface area contributed by atoms with Gasteiger partial charge in [0.05, 0.1) is 0 Å². The van der Waals surface area contributed by atoms with Crippen molar-refractivity contribution >= 4 is 34.0 Å². The highest BCUT2D eigenvalue weighted by molar-refractivity contribution is 8.00. The number of hydrogen-bond acceptors (Lipinski definition) is 4. The van der Waals surface area contributed by atoms with Crippen molar-refractivity contribution in [1.29, 1.82) is 0 Å². The molecule has 3 nitrogen and oxygen atoms in total. The molecule has 1 aromatic heterocycles. The number of rotatable bonds is 4. The van der Waals surface area contributed by atoms with E-state index in [0.717, 1.165) is 31.7 Å². The fraction of sp³-hybridized carbons (Fsp3) is 0.158. The molecular weight excluding hydrogens is 336 g/mol. The topological polar surface area (TPSA) is 42.0 Å². The number of thiazole rings is 1. The van der Waals surface area contributed by atoms with Crippen LogP contribution in [0.4, 0.5) is 5.00 Å². The molecule has 1 N–H and O–H groups in total. The molecule has 122 valence electrons. The minimum atomic E-state index is -0.102. The molecule has 2 aromatic carbocycles. The zero-order chi connectivity index (χ0) is 17.1. The lowest BCUT2D eigenvalue weighted by Gasteiger charge is -2.07. The summed E-state index contributed by atoms with van der Waals surface area (Å²) in [5.74, 6) is -0.102. The van der Waals surface area contributed by atoms with E-state index >= 15 is 0 Å². The third-order valence-corrected chi connectivity index (χ3v) is 5.50. The summed E-state index contributed by atoms with van der Waals surface area (Å²) in [4.78, 5) is 17.3. The van der Waals surface area contributed by atoms with Crippen LogP contribution in [0.3, 0.4) is 0 Å². The van der Waals surface area contributed by atoms with Crippen molar-refractivity contribution in [3.63, 3.8) is 0 Å². The molecule has 0 fully saturated rings. The minimum absolute atomic E-state index is 0.102. The van der Waals surface area contributed by atoms with Crippen molar-refractivity contribution in [3.05, 3.63) is 65.2 Å². The maximum atomic E-state index is 12.7. The predicted molar refractivity (Wildman–Crippen MR) is 103 cm³/mol. The Labute approximate surface area is 150 Å². The zero-order valence-corrected chi connectivity index (χ0v) is 15.4. The van der Waals surface area contributed by atoms with Crippen molar-refractivity contribution < 1.29 is 4.79 Å². The SMILES string of the molecule is CSc1nc(-c2ccccc2)c(NC(=O)c2cc(C)cc(C)c2)s1. The third kappa shape index (κ3) is 3.68. The van der Waals surface area contributed by atoms with Crippen LogP contribution in [0.5, 0.6) is 0 Å². The van der Waals surface area contributed by atoms with Crippen LogP contribution in [0.2, 0.25) is 0 Å². The quantitative estimate of drug-likeness (QED) is 0.638. The molecule has 0 atom stereocenters. The number of aromatic nitrogens is 1. The van der Waals surface area contributed by atoms with Crippen molar-refractivity contribution in [2.75, 3.05) is 11.6 Å². The Morgan fingerprint density at radius 1 is 1.08 bits per heavy atom. The summed E-state index contributed by atoms with van der Waals surface area (Å²) in [6.07, 6.45) is 1.99. The van der Waals surface area contributed by atoms with Gasteiger partial charge in [-0.15, -0.1) is 0 Å². The van der Waals surface area contributed by atoms with Gasteiger partial charge in [-0.2, -0.15) is 0 Å². The Balaban J connectivity index is 1.95. The summed E-state index contributed by atoms with van der Waals surface area (Å²) in [5, 5.41) is 3.82. The van der Waals surface area contributed by atoms with E-state index in [4.69, 9.17) is 0 Å². The number of thioether (sulfide) groups is 1. The lowest BCUT2D eigenvalue weighted by atomic mass is 10.1. The average Bonchev–Trinajstić information content (AvgIpc) is 2.97. The van der Waals surface area contributed by atoms with Crippen LogP contribution >= 0.6 is 23.1 Å². The number of carbonyl (C=O) groups excluding carboxylic acids is 1. The lowest BCUT2D eigenvalue weighted by Crippen LogP contribution is -2.12. The second kappa shape index (κ2) is 7.20. The summed E-state index contributed by atoms with van der Waals surface area (Å²) < 4.78 is 0.935. The smallest absolute Gasteiger partial charge is 0.256 e. The maximum Gasteiger partial charge on any atom is 0.256 e. The largest absolute Gasteiger partial charge is 0.312 e. The highest BCUT2D eigenvalue weighted by Crippen LogP contribution is 2.37. The number of aryl methyl sites for hydroxylation is 2. The van der Waals surface area contributed by atoms with Crippen LogP contribution in [0.1, 0.15) is 21.5 Å². The van der Waals surface area contributed by atoms with Gasteiger partial charge in [-0.1, -0.05) is 70.6 Å². The van der Waals surface area contributed by atoms with Gasteiger partial charge in [0, 0.05) is 11.1 Å². The van der Waals surface area contributed by atoms with Gasteiger partial charge in [-0.3, -0.25) is 4.79 Å². The van der Waals surface area contributed by atoms with Gasteiger partial charge in [0.15, 0.2) is 4.34 Å². The van der Waals surface area contributed by atoms with Crippen LogP contribution in [0, 0.1) is 13.8 Å². The molecule has 0 saturated heterocycles. The summed E-state index contributed by atoms with van der Waals surface area (Å²) in [7, 11) is 0. The molecule has 0 spiro atoms. The van der Waals surface area contributed by atoms with Gasteiger partial charge in [0.25, 0.3) is 5.91 Å². The van der Waals surface area contributed by atoms with Crippen LogP contribution in [0.25, 0.3) is 11.3 Å². The van der Waals surface area contributed by atoms with Gasteiger partial charge in [0.1, 0.15) is 10.7 Å². The first-order valence-electron chi connectivity index (χ1n) is 7.56. The molecule has 1 amide bonds. The fourth-order valence-corrected chi connectivity index (χ4v) is 4.03. The van der Waals surface area contributed by atoms with Gasteiger partial charge < -0.3 is 5.32 Å². The number of nitrogens with zero attached hydrogens (tertiary/aromatic N) is 1. The molecule has 0 radical (unpaired) electrons. The summed E-state index contributed by atoms with van der Waals surface area (Å²) >= 11 is 3.09. The highest BCUT2D eigenvalue weighted by Gasteiger charge is 2.16. The number of anilines is 1. The monoisotopic (exact) mass is 354 g/mol. The Bertz CT molecular complexity index is 852. The van der Waals surface area contributed by atoms with Crippen LogP contribution < -0.4 is 5.32 Å². The van der Waals surface area contributed by atoms with Gasteiger partial charge in [-0.25, -0.2) is 4.98 Å². The molecule has 5 heteroatoms. The van der Waals surface area contributed by atoms with Crippen molar-refractivity contribution in [1.82, 2.24) is 4.98 Å². The summed E-state index contributed by atoms with van der Waals surface area (Å²) in [6.45, 7) is 4.00. The molecule has 0 unspecified atom stereocenters. The molecule has 0 saturated carbocycles. The molecule has 0 aliphatic rings. The fourth-order valence-electron chi connectivity index (χ4n) is 2.55. The van der Waals surface area contributed by atoms with E-state index in [9.17, 15) is 4.79 Å². The summed E-state index contributed by atoms with van der Waals surface area (Å²) in [6, 6.07) is 15.8. The molecule has 0 bridgehead atoms. The van der Waals surface area contributed by atoms with E-state index in [1.165, 1.54) is 11.3 Å². The number of benzene rings is 2. The molecule has 0 aliphatic carbocycles. The summed E-state index contributed by atoms with van der Waals surface area (Å²) in [5.41, 5.74) is 4.66. The van der Waals surface area contributed by atoms with Gasteiger partial charge in [0.2, 0.25) is 0 Å². The number of carbonyl (C=O) groups is 1. The molecule has 3 rings (SSSR count). The van der Waals surface area contributed by atoms with Crippen LogP contribution in [-0.2, 0) is 0 Å². The molecule has 1 heterocycles. The number of hydrogen-bond donors (Lipinski definition) is 1. The zero-order valence-electron chi connectivity index (χ0n) is 13.8. The first-order valence-corrected chi connectivity index (χ1v) is 9.61. The van der Waals surface area contributed by atoms with E-state index in [-0.39, 0.29) is 5.91 Å². The Morgan fingerprint density at radius 2 is 1.75 bits per heavy atom.